The molecule has 0 fully saturated rings. The number of hydrogen-bond donors (Lipinski definition) is 2. The molecule has 0 saturated heterocycles. The summed E-state index contributed by atoms with van der Waals surface area (Å²) in [4.78, 5) is 9.60. The summed E-state index contributed by atoms with van der Waals surface area (Å²) in [5.41, 5.74) is 0. The van der Waals surface area contributed by atoms with Gasteiger partial charge in [-0.2, -0.15) is 4.21 Å². The van der Waals surface area contributed by atoms with E-state index in [9.17, 15) is 4.79 Å². The minimum atomic E-state index is -2.61. The number of hydrogen-bond acceptors (Lipinski definition) is 4. The van der Waals surface area contributed by atoms with Gasteiger partial charge in [-0.25, -0.2) is 0 Å². The maximum atomic E-state index is 9.60. The molecular formula is C5H12O6S. The zero-order chi connectivity index (χ0) is 9.82. The van der Waals surface area contributed by atoms with E-state index in [2.05, 4.69) is 4.74 Å². The number of carbonyl (C=O) groups excluding carboxylic acids is 1. The summed E-state index contributed by atoms with van der Waals surface area (Å²) in [5.74, 6) is 0. The fourth-order valence-electron chi connectivity index (χ4n) is 0.274. The number of ether oxygens (including phenoxy) is 2. The third-order valence-electron chi connectivity index (χ3n) is 0.618. The quantitative estimate of drug-likeness (QED) is 0.354. The van der Waals surface area contributed by atoms with Gasteiger partial charge in [-0.3, -0.25) is 9.11 Å². The number of aldehydes is 1. The average molecular weight is 200 g/mol. The normalized spacial score (nSPS) is 9.00. The lowest BCUT2D eigenvalue weighted by Gasteiger charge is -1.95. The topological polar surface area (TPSA) is 93.1 Å². The molecule has 0 radical (unpaired) electrons. The van der Waals surface area contributed by atoms with Crippen LogP contribution in [0.1, 0.15) is 0 Å². The SMILES string of the molecule is COCCOCC=O.O=S(O)O. The third kappa shape index (κ3) is 33.4. The van der Waals surface area contributed by atoms with E-state index >= 15 is 0 Å². The van der Waals surface area contributed by atoms with Crippen LogP contribution in [0.5, 0.6) is 0 Å². The van der Waals surface area contributed by atoms with Crippen molar-refractivity contribution in [3.8, 4) is 0 Å². The monoisotopic (exact) mass is 200 g/mol. The highest BCUT2D eigenvalue weighted by Gasteiger charge is 1.81. The fourth-order valence-corrected chi connectivity index (χ4v) is 0.274. The van der Waals surface area contributed by atoms with Gasteiger partial charge in [0, 0.05) is 7.11 Å². The minimum Gasteiger partial charge on any atom is -0.382 e. The summed E-state index contributed by atoms with van der Waals surface area (Å²) in [7, 11) is 1.59. The molecule has 12 heavy (non-hydrogen) atoms. The Kier molecular flexibility index (Phi) is 15.7. The van der Waals surface area contributed by atoms with Crippen LogP contribution in [0.25, 0.3) is 0 Å². The van der Waals surface area contributed by atoms with Crippen molar-refractivity contribution < 1.29 is 27.6 Å². The van der Waals surface area contributed by atoms with Crippen LogP contribution in [-0.4, -0.2) is 46.5 Å². The molecule has 0 aromatic carbocycles. The third-order valence-corrected chi connectivity index (χ3v) is 0.618. The zero-order valence-corrected chi connectivity index (χ0v) is 7.45. The Balaban J connectivity index is 0. The van der Waals surface area contributed by atoms with Gasteiger partial charge >= 0.3 is 0 Å². The number of methoxy groups -OCH3 is 1. The summed E-state index contributed by atoms with van der Waals surface area (Å²) in [6.45, 7) is 1.21. The first kappa shape index (κ1) is 14.2. The second-order valence-corrected chi connectivity index (χ2v) is 1.93. The molecule has 0 aliphatic rings. The van der Waals surface area contributed by atoms with Crippen LogP contribution in [0.4, 0.5) is 0 Å². The molecule has 6 nitrogen and oxygen atoms in total. The molecule has 74 valence electrons. The Labute approximate surface area is 73.0 Å². The highest BCUT2D eigenvalue weighted by atomic mass is 32.2. The van der Waals surface area contributed by atoms with E-state index in [1.807, 2.05) is 0 Å². The van der Waals surface area contributed by atoms with E-state index in [0.717, 1.165) is 6.29 Å². The fraction of sp³-hybridized carbons (Fsp3) is 0.800. The maximum Gasteiger partial charge on any atom is 0.299 e. The molecule has 0 aromatic heterocycles. The Morgan fingerprint density at radius 2 is 1.92 bits per heavy atom. The van der Waals surface area contributed by atoms with Crippen LogP contribution in [0.3, 0.4) is 0 Å². The highest BCUT2D eigenvalue weighted by Crippen LogP contribution is 1.70. The van der Waals surface area contributed by atoms with Crippen LogP contribution in [-0.2, 0) is 25.6 Å². The van der Waals surface area contributed by atoms with Gasteiger partial charge in [-0.05, 0) is 0 Å². The van der Waals surface area contributed by atoms with Crippen molar-refractivity contribution in [2.75, 3.05) is 26.9 Å². The van der Waals surface area contributed by atoms with Crippen molar-refractivity contribution in [1.29, 1.82) is 0 Å². The molecule has 0 saturated carbocycles. The van der Waals surface area contributed by atoms with Gasteiger partial charge in [-0.1, -0.05) is 0 Å². The first-order valence-electron chi connectivity index (χ1n) is 2.95. The van der Waals surface area contributed by atoms with Gasteiger partial charge in [0.05, 0.1) is 13.2 Å². The van der Waals surface area contributed by atoms with Crippen molar-refractivity contribution in [3.63, 3.8) is 0 Å². The maximum absolute atomic E-state index is 9.60. The van der Waals surface area contributed by atoms with Crippen LogP contribution < -0.4 is 0 Å². The summed E-state index contributed by atoms with van der Waals surface area (Å²) >= 11 is -2.61. The lowest BCUT2D eigenvalue weighted by molar-refractivity contribution is -0.112. The van der Waals surface area contributed by atoms with Crippen LogP contribution >= 0.6 is 0 Å². The molecule has 0 bridgehead atoms. The smallest absolute Gasteiger partial charge is 0.299 e. The highest BCUT2D eigenvalue weighted by molar-refractivity contribution is 7.73. The molecule has 0 heterocycles. The van der Waals surface area contributed by atoms with Crippen molar-refractivity contribution >= 4 is 17.6 Å². The van der Waals surface area contributed by atoms with Gasteiger partial charge < -0.3 is 14.3 Å². The van der Waals surface area contributed by atoms with E-state index in [-0.39, 0.29) is 6.61 Å². The molecular weight excluding hydrogens is 188 g/mol. The Morgan fingerprint density at radius 1 is 1.42 bits per heavy atom. The van der Waals surface area contributed by atoms with Gasteiger partial charge in [0.25, 0.3) is 11.4 Å². The van der Waals surface area contributed by atoms with Crippen molar-refractivity contribution in [2.45, 2.75) is 0 Å². The van der Waals surface area contributed by atoms with Crippen molar-refractivity contribution in [3.05, 3.63) is 0 Å². The minimum absolute atomic E-state index is 0.170. The molecule has 0 aliphatic heterocycles. The number of rotatable bonds is 5. The van der Waals surface area contributed by atoms with E-state index < -0.39 is 11.4 Å². The van der Waals surface area contributed by atoms with Gasteiger partial charge in [0.1, 0.15) is 12.9 Å². The van der Waals surface area contributed by atoms with E-state index in [1.165, 1.54) is 0 Å². The predicted molar refractivity (Wildman–Crippen MR) is 42.2 cm³/mol. The molecule has 0 rings (SSSR count). The van der Waals surface area contributed by atoms with E-state index in [4.69, 9.17) is 18.1 Å². The van der Waals surface area contributed by atoms with Gasteiger partial charge in [0.2, 0.25) is 0 Å². The van der Waals surface area contributed by atoms with Crippen molar-refractivity contribution in [1.82, 2.24) is 0 Å². The first-order chi connectivity index (χ1) is 5.65. The number of carbonyl (C=O) groups is 1. The Bertz CT molecular complexity index is 113. The Morgan fingerprint density at radius 3 is 2.25 bits per heavy atom. The molecule has 0 unspecified atom stereocenters. The van der Waals surface area contributed by atoms with Crippen LogP contribution in [0, 0.1) is 0 Å². The predicted octanol–water partition coefficient (Wildman–Crippen LogP) is -0.471. The average Bonchev–Trinajstić information content (AvgIpc) is 1.97. The standard InChI is InChI=1S/C5H10O3.H2O3S/c1-7-4-5-8-3-2-6;1-4(2)3/h2H,3-5H2,1H3;(H2,1,2,3). The summed E-state index contributed by atoms with van der Waals surface area (Å²) < 4.78 is 32.2. The molecule has 0 aliphatic carbocycles. The summed E-state index contributed by atoms with van der Waals surface area (Å²) in [5, 5.41) is 0. The zero-order valence-electron chi connectivity index (χ0n) is 6.63. The Hall–Kier alpha value is -0.340. The molecule has 7 heteroatoms. The van der Waals surface area contributed by atoms with Gasteiger partial charge in [-0.15, -0.1) is 0 Å². The first-order valence-corrected chi connectivity index (χ1v) is 4.01. The molecule has 2 N–H and O–H groups in total. The molecule has 0 atom stereocenters. The lowest BCUT2D eigenvalue weighted by atomic mass is 10.7. The summed E-state index contributed by atoms with van der Waals surface area (Å²) in [6.07, 6.45) is 0.718. The van der Waals surface area contributed by atoms with Gasteiger partial charge in [0.15, 0.2) is 0 Å². The second-order valence-electron chi connectivity index (χ2n) is 1.47. The molecule has 0 amide bonds. The van der Waals surface area contributed by atoms with Crippen molar-refractivity contribution in [2.24, 2.45) is 0 Å². The van der Waals surface area contributed by atoms with Crippen LogP contribution in [0.2, 0.25) is 0 Å². The molecule has 0 aromatic rings. The lowest BCUT2D eigenvalue weighted by Crippen LogP contribution is -2.02. The largest absolute Gasteiger partial charge is 0.382 e. The van der Waals surface area contributed by atoms with E-state index in [1.54, 1.807) is 7.11 Å². The second kappa shape index (κ2) is 13.3. The molecule has 0 spiro atoms. The van der Waals surface area contributed by atoms with Crippen LogP contribution in [0.15, 0.2) is 0 Å². The summed E-state index contributed by atoms with van der Waals surface area (Å²) in [6, 6.07) is 0. The van der Waals surface area contributed by atoms with E-state index in [0.29, 0.717) is 13.2 Å².